The number of aryl methyl sites for hydroxylation is 1. The van der Waals surface area contributed by atoms with E-state index in [1.807, 2.05) is 18.2 Å². The number of aromatic nitrogens is 1. The second-order valence-electron chi connectivity index (χ2n) is 7.17. The molecule has 0 atom stereocenters. The number of halogens is 1. The van der Waals surface area contributed by atoms with Gasteiger partial charge in [0.2, 0.25) is 10.0 Å². The molecule has 0 aliphatic heterocycles. The second kappa shape index (κ2) is 8.47. The van der Waals surface area contributed by atoms with Crippen LogP contribution in [0.25, 0.3) is 10.6 Å². The molecule has 9 heteroatoms. The molecule has 1 aliphatic carbocycles. The molecule has 1 aliphatic rings. The highest BCUT2D eigenvalue weighted by molar-refractivity contribution is 7.89. The van der Waals surface area contributed by atoms with Crippen LogP contribution in [-0.4, -0.2) is 25.4 Å². The van der Waals surface area contributed by atoms with Crippen molar-refractivity contribution in [1.29, 1.82) is 0 Å². The predicted molar refractivity (Wildman–Crippen MR) is 118 cm³/mol. The van der Waals surface area contributed by atoms with Crippen LogP contribution in [0.1, 0.15) is 33.8 Å². The molecule has 30 heavy (non-hydrogen) atoms. The van der Waals surface area contributed by atoms with Gasteiger partial charge in [-0.1, -0.05) is 35.9 Å². The summed E-state index contributed by atoms with van der Waals surface area (Å²) in [6.07, 6.45) is 1.78. The summed E-state index contributed by atoms with van der Waals surface area (Å²) in [5.74, 6) is -0.217. The highest BCUT2D eigenvalue weighted by Gasteiger charge is 2.27. The zero-order chi connectivity index (χ0) is 21.3. The Labute approximate surface area is 184 Å². The van der Waals surface area contributed by atoms with Crippen LogP contribution >= 0.6 is 22.9 Å². The maximum absolute atomic E-state index is 12.6. The molecule has 4 rings (SSSR count). The van der Waals surface area contributed by atoms with Crippen molar-refractivity contribution in [2.45, 2.75) is 37.2 Å². The zero-order valence-corrected chi connectivity index (χ0v) is 18.6. The van der Waals surface area contributed by atoms with Gasteiger partial charge in [0.25, 0.3) is 5.91 Å². The van der Waals surface area contributed by atoms with Gasteiger partial charge in [-0.05, 0) is 49.6 Å². The molecule has 1 fully saturated rings. The van der Waals surface area contributed by atoms with Crippen molar-refractivity contribution >= 4 is 38.9 Å². The Kier molecular flexibility index (Phi) is 5.92. The lowest BCUT2D eigenvalue weighted by Crippen LogP contribution is -2.26. The van der Waals surface area contributed by atoms with Crippen molar-refractivity contribution in [2.24, 2.45) is 0 Å². The number of sulfonamides is 1. The normalized spacial score (nSPS) is 13.9. The van der Waals surface area contributed by atoms with Gasteiger partial charge in [-0.2, -0.15) is 0 Å². The van der Waals surface area contributed by atoms with E-state index in [-0.39, 0.29) is 16.8 Å². The maximum atomic E-state index is 12.6. The summed E-state index contributed by atoms with van der Waals surface area (Å²) >= 11 is 7.36. The van der Waals surface area contributed by atoms with Crippen LogP contribution in [-0.2, 0) is 16.6 Å². The summed E-state index contributed by atoms with van der Waals surface area (Å²) in [7, 11) is -3.47. The number of carbonyl (C=O) groups excluding carboxylic acids is 1. The molecular formula is C21H20ClN3O3S2. The van der Waals surface area contributed by atoms with E-state index in [1.54, 1.807) is 37.3 Å². The highest BCUT2D eigenvalue weighted by atomic mass is 35.5. The summed E-state index contributed by atoms with van der Waals surface area (Å²) in [5, 5.41) is 4.22. The largest absolute Gasteiger partial charge is 0.347 e. The first-order valence-electron chi connectivity index (χ1n) is 9.45. The van der Waals surface area contributed by atoms with Gasteiger partial charge in [-0.25, -0.2) is 18.1 Å². The predicted octanol–water partition coefficient (Wildman–Crippen LogP) is 4.14. The Balaban J connectivity index is 1.41. The molecule has 156 valence electrons. The SMILES string of the molecule is Cc1nc(-c2cccc(Cl)c2)sc1C(=O)NCc1ccc(S(=O)(=O)NC2CC2)cc1. The molecule has 1 saturated carbocycles. The fourth-order valence-electron chi connectivity index (χ4n) is 2.89. The fraction of sp³-hybridized carbons (Fsp3) is 0.238. The molecule has 2 aromatic carbocycles. The van der Waals surface area contributed by atoms with Crippen molar-refractivity contribution in [1.82, 2.24) is 15.0 Å². The molecule has 0 saturated heterocycles. The molecule has 1 amide bonds. The van der Waals surface area contributed by atoms with E-state index < -0.39 is 10.0 Å². The third-order valence-electron chi connectivity index (χ3n) is 4.66. The van der Waals surface area contributed by atoms with E-state index in [2.05, 4.69) is 15.0 Å². The molecular weight excluding hydrogens is 442 g/mol. The number of hydrogen-bond donors (Lipinski definition) is 2. The highest BCUT2D eigenvalue weighted by Crippen LogP contribution is 2.29. The summed E-state index contributed by atoms with van der Waals surface area (Å²) < 4.78 is 27.1. The molecule has 2 N–H and O–H groups in total. The number of carbonyl (C=O) groups is 1. The molecule has 0 unspecified atom stereocenters. The first-order valence-corrected chi connectivity index (χ1v) is 12.1. The Hall–Kier alpha value is -2.26. The van der Waals surface area contributed by atoms with Gasteiger partial charge in [-0.3, -0.25) is 4.79 Å². The summed E-state index contributed by atoms with van der Waals surface area (Å²) in [6.45, 7) is 2.09. The minimum absolute atomic E-state index is 0.0633. The van der Waals surface area contributed by atoms with Crippen LogP contribution < -0.4 is 10.0 Å². The van der Waals surface area contributed by atoms with Crippen molar-refractivity contribution in [3.05, 3.63) is 69.7 Å². The molecule has 6 nitrogen and oxygen atoms in total. The van der Waals surface area contributed by atoms with Gasteiger partial charge in [0.1, 0.15) is 9.88 Å². The van der Waals surface area contributed by atoms with Crippen LogP contribution in [0.15, 0.2) is 53.4 Å². The van der Waals surface area contributed by atoms with Gasteiger partial charge < -0.3 is 5.32 Å². The Morgan fingerprint density at radius 1 is 1.20 bits per heavy atom. The molecule has 0 bridgehead atoms. The quantitative estimate of drug-likeness (QED) is 0.553. The van der Waals surface area contributed by atoms with E-state index in [1.165, 1.54) is 11.3 Å². The number of nitrogens with zero attached hydrogens (tertiary/aromatic N) is 1. The van der Waals surface area contributed by atoms with Crippen molar-refractivity contribution in [3.8, 4) is 10.6 Å². The zero-order valence-electron chi connectivity index (χ0n) is 16.2. The Bertz CT molecular complexity index is 1190. The average Bonchev–Trinajstić information content (AvgIpc) is 3.43. The minimum Gasteiger partial charge on any atom is -0.347 e. The van der Waals surface area contributed by atoms with Crippen LogP contribution in [0.4, 0.5) is 0 Å². The van der Waals surface area contributed by atoms with Crippen LogP contribution in [0.5, 0.6) is 0 Å². The molecule has 0 radical (unpaired) electrons. The fourth-order valence-corrected chi connectivity index (χ4v) is 5.36. The van der Waals surface area contributed by atoms with Crippen LogP contribution in [0.2, 0.25) is 5.02 Å². The monoisotopic (exact) mass is 461 g/mol. The lowest BCUT2D eigenvalue weighted by molar-refractivity contribution is 0.0954. The lowest BCUT2D eigenvalue weighted by atomic mass is 10.2. The van der Waals surface area contributed by atoms with Gasteiger partial charge in [0, 0.05) is 23.2 Å². The smallest absolute Gasteiger partial charge is 0.263 e. The number of rotatable bonds is 7. The molecule has 3 aromatic rings. The first kappa shape index (κ1) is 21.0. The van der Waals surface area contributed by atoms with Gasteiger partial charge in [0.15, 0.2) is 0 Å². The van der Waals surface area contributed by atoms with E-state index in [4.69, 9.17) is 11.6 Å². The number of hydrogen-bond acceptors (Lipinski definition) is 5. The number of nitrogens with one attached hydrogen (secondary N) is 2. The lowest BCUT2D eigenvalue weighted by Gasteiger charge is -2.07. The standard InChI is InChI=1S/C21H20ClN3O3S2/c1-13-19(29-21(24-13)15-3-2-4-16(22)11-15)20(26)23-12-14-5-9-18(10-6-14)30(27,28)25-17-7-8-17/h2-6,9-11,17,25H,7-8,12H2,1H3,(H,23,26). The van der Waals surface area contributed by atoms with Crippen LogP contribution in [0.3, 0.4) is 0 Å². The summed E-state index contributed by atoms with van der Waals surface area (Å²) in [4.78, 5) is 17.9. The van der Waals surface area contributed by atoms with E-state index in [0.717, 1.165) is 29.0 Å². The second-order valence-corrected chi connectivity index (χ2v) is 10.3. The van der Waals surface area contributed by atoms with Gasteiger partial charge in [0.05, 0.1) is 10.6 Å². The Morgan fingerprint density at radius 3 is 2.60 bits per heavy atom. The van der Waals surface area contributed by atoms with Crippen molar-refractivity contribution in [2.75, 3.05) is 0 Å². The van der Waals surface area contributed by atoms with E-state index >= 15 is 0 Å². The first-order chi connectivity index (χ1) is 14.3. The number of benzene rings is 2. The van der Waals surface area contributed by atoms with Crippen LogP contribution in [0, 0.1) is 6.92 Å². The third-order valence-corrected chi connectivity index (χ3v) is 7.64. The van der Waals surface area contributed by atoms with E-state index in [9.17, 15) is 13.2 Å². The molecule has 0 spiro atoms. The average molecular weight is 462 g/mol. The third kappa shape index (κ3) is 4.89. The van der Waals surface area contributed by atoms with Crippen molar-refractivity contribution < 1.29 is 13.2 Å². The summed E-state index contributed by atoms with van der Waals surface area (Å²) in [6, 6.07) is 13.9. The number of amides is 1. The summed E-state index contributed by atoms with van der Waals surface area (Å²) in [5.41, 5.74) is 2.33. The molecule has 1 heterocycles. The van der Waals surface area contributed by atoms with Gasteiger partial charge in [-0.15, -0.1) is 11.3 Å². The maximum Gasteiger partial charge on any atom is 0.263 e. The van der Waals surface area contributed by atoms with Gasteiger partial charge >= 0.3 is 0 Å². The minimum atomic E-state index is -3.47. The molecule has 1 aromatic heterocycles. The Morgan fingerprint density at radius 2 is 1.93 bits per heavy atom. The van der Waals surface area contributed by atoms with Crippen molar-refractivity contribution in [3.63, 3.8) is 0 Å². The topological polar surface area (TPSA) is 88.2 Å². The number of thiazole rings is 1. The van der Waals surface area contributed by atoms with E-state index in [0.29, 0.717) is 22.1 Å².